The summed E-state index contributed by atoms with van der Waals surface area (Å²) in [4.78, 5) is 2.39. The summed E-state index contributed by atoms with van der Waals surface area (Å²) in [6.07, 6.45) is 3.65. The third-order valence-corrected chi connectivity index (χ3v) is 4.04. The molecule has 0 radical (unpaired) electrons. The van der Waals surface area contributed by atoms with E-state index in [4.69, 9.17) is 10.5 Å². The number of halogens is 1. The lowest BCUT2D eigenvalue weighted by molar-refractivity contribution is 0.108. The van der Waals surface area contributed by atoms with Crippen molar-refractivity contribution in [3.63, 3.8) is 0 Å². The number of benzene rings is 1. The molecule has 1 aromatic carbocycles. The summed E-state index contributed by atoms with van der Waals surface area (Å²) >= 11 is 0. The number of nitrogens with zero attached hydrogens (tertiary/aromatic N) is 1. The van der Waals surface area contributed by atoms with Crippen molar-refractivity contribution in [1.29, 1.82) is 0 Å². The highest BCUT2D eigenvalue weighted by Gasteiger charge is 2.26. The molecule has 0 bridgehead atoms. The zero-order chi connectivity index (χ0) is 13.8. The molecule has 1 fully saturated rings. The van der Waals surface area contributed by atoms with Gasteiger partial charge in [-0.05, 0) is 44.0 Å². The average molecular weight is 266 g/mol. The molecule has 0 aromatic heterocycles. The molecule has 2 unspecified atom stereocenters. The molecule has 1 aliphatic heterocycles. The maximum Gasteiger partial charge on any atom is 0.165 e. The summed E-state index contributed by atoms with van der Waals surface area (Å²) in [6, 6.07) is 5.75. The van der Waals surface area contributed by atoms with E-state index in [1.807, 2.05) is 6.07 Å². The van der Waals surface area contributed by atoms with Crippen molar-refractivity contribution < 1.29 is 9.13 Å². The van der Waals surface area contributed by atoms with Gasteiger partial charge in [-0.2, -0.15) is 0 Å². The molecule has 106 valence electrons. The number of rotatable bonds is 4. The third-order valence-electron chi connectivity index (χ3n) is 4.04. The van der Waals surface area contributed by atoms with E-state index in [2.05, 4.69) is 11.8 Å². The minimum Gasteiger partial charge on any atom is -0.494 e. The minimum atomic E-state index is -0.317. The predicted octanol–water partition coefficient (Wildman–Crippen LogP) is 2.71. The van der Waals surface area contributed by atoms with Crippen LogP contribution in [-0.4, -0.2) is 31.1 Å². The normalized spacial score (nSPS) is 22.2. The zero-order valence-electron chi connectivity index (χ0n) is 11.7. The van der Waals surface area contributed by atoms with Gasteiger partial charge in [0, 0.05) is 18.6 Å². The number of methoxy groups -OCH3 is 1. The monoisotopic (exact) mass is 266 g/mol. The van der Waals surface area contributed by atoms with E-state index in [-0.39, 0.29) is 17.6 Å². The second kappa shape index (κ2) is 6.35. The maximum absolute atomic E-state index is 13.8. The predicted molar refractivity (Wildman–Crippen MR) is 74.8 cm³/mol. The van der Waals surface area contributed by atoms with Gasteiger partial charge in [0.25, 0.3) is 0 Å². The molecule has 1 saturated heterocycles. The summed E-state index contributed by atoms with van der Waals surface area (Å²) < 4.78 is 18.8. The second-order valence-corrected chi connectivity index (χ2v) is 5.23. The Morgan fingerprint density at radius 1 is 1.47 bits per heavy atom. The molecule has 2 N–H and O–H groups in total. The molecule has 3 nitrogen and oxygen atoms in total. The molecule has 0 spiro atoms. The molecule has 19 heavy (non-hydrogen) atoms. The Hall–Kier alpha value is -1.13. The van der Waals surface area contributed by atoms with Gasteiger partial charge < -0.3 is 10.5 Å². The Labute approximate surface area is 114 Å². The van der Waals surface area contributed by atoms with E-state index in [1.165, 1.54) is 26.4 Å². The van der Waals surface area contributed by atoms with Gasteiger partial charge in [-0.3, -0.25) is 4.90 Å². The summed E-state index contributed by atoms with van der Waals surface area (Å²) in [6.45, 7) is 3.77. The zero-order valence-corrected chi connectivity index (χ0v) is 11.7. The summed E-state index contributed by atoms with van der Waals surface area (Å²) in [7, 11) is 1.48. The van der Waals surface area contributed by atoms with Crippen LogP contribution in [-0.2, 0) is 0 Å². The van der Waals surface area contributed by atoms with Crippen LogP contribution in [0.2, 0.25) is 0 Å². The lowest BCUT2D eigenvalue weighted by atomic mass is 9.97. The Kier molecular flexibility index (Phi) is 4.77. The Balaban J connectivity index is 2.23. The van der Waals surface area contributed by atoms with Crippen LogP contribution in [0.4, 0.5) is 4.39 Å². The summed E-state index contributed by atoms with van der Waals surface area (Å²) in [5.41, 5.74) is 6.86. The van der Waals surface area contributed by atoms with Crippen LogP contribution in [0.5, 0.6) is 5.75 Å². The van der Waals surface area contributed by atoms with Gasteiger partial charge in [-0.15, -0.1) is 0 Å². The van der Waals surface area contributed by atoms with Crippen LogP contribution < -0.4 is 10.5 Å². The smallest absolute Gasteiger partial charge is 0.165 e. The van der Waals surface area contributed by atoms with Crippen LogP contribution in [0.1, 0.15) is 37.8 Å². The van der Waals surface area contributed by atoms with Gasteiger partial charge in [0.05, 0.1) is 7.11 Å². The van der Waals surface area contributed by atoms with Crippen LogP contribution in [0.25, 0.3) is 0 Å². The van der Waals surface area contributed by atoms with Crippen LogP contribution in [0.3, 0.4) is 0 Å². The minimum absolute atomic E-state index is 0.0932. The van der Waals surface area contributed by atoms with Crippen LogP contribution in [0, 0.1) is 5.82 Å². The topological polar surface area (TPSA) is 38.5 Å². The average Bonchev–Trinajstić information content (AvgIpc) is 2.42. The quantitative estimate of drug-likeness (QED) is 0.910. The van der Waals surface area contributed by atoms with Gasteiger partial charge in [0.1, 0.15) is 0 Å². The van der Waals surface area contributed by atoms with Crippen molar-refractivity contribution in [3.8, 4) is 5.75 Å². The lowest BCUT2D eigenvalue weighted by Crippen LogP contribution is -2.43. The lowest BCUT2D eigenvalue weighted by Gasteiger charge is -2.39. The van der Waals surface area contributed by atoms with Crippen molar-refractivity contribution in [2.24, 2.45) is 5.73 Å². The molecule has 2 rings (SSSR count). The Morgan fingerprint density at radius 2 is 2.26 bits per heavy atom. The van der Waals surface area contributed by atoms with E-state index in [1.54, 1.807) is 12.1 Å². The van der Waals surface area contributed by atoms with Crippen molar-refractivity contribution in [1.82, 2.24) is 4.90 Å². The van der Waals surface area contributed by atoms with Gasteiger partial charge >= 0.3 is 0 Å². The Morgan fingerprint density at radius 3 is 2.84 bits per heavy atom. The third kappa shape index (κ3) is 3.07. The number of hydrogen-bond acceptors (Lipinski definition) is 3. The molecule has 1 aliphatic rings. The van der Waals surface area contributed by atoms with E-state index in [0.717, 1.165) is 12.1 Å². The Bertz CT molecular complexity index is 425. The molecule has 2 atom stereocenters. The largest absolute Gasteiger partial charge is 0.494 e. The SMILES string of the molecule is COc1ccc(C(CN)N2CCCCC2C)cc1F. The fourth-order valence-corrected chi connectivity index (χ4v) is 2.94. The molecule has 0 amide bonds. The van der Waals surface area contributed by atoms with E-state index >= 15 is 0 Å². The first-order valence-corrected chi connectivity index (χ1v) is 6.96. The van der Waals surface area contributed by atoms with Gasteiger partial charge in [-0.1, -0.05) is 12.5 Å². The van der Waals surface area contributed by atoms with E-state index in [0.29, 0.717) is 12.6 Å². The first-order valence-electron chi connectivity index (χ1n) is 6.96. The molecule has 4 heteroatoms. The fourth-order valence-electron chi connectivity index (χ4n) is 2.94. The molecule has 0 saturated carbocycles. The highest BCUT2D eigenvalue weighted by Crippen LogP contribution is 2.30. The van der Waals surface area contributed by atoms with Crippen LogP contribution >= 0.6 is 0 Å². The second-order valence-electron chi connectivity index (χ2n) is 5.23. The van der Waals surface area contributed by atoms with Crippen molar-refractivity contribution in [2.45, 2.75) is 38.3 Å². The number of ether oxygens (including phenoxy) is 1. The van der Waals surface area contributed by atoms with Crippen LogP contribution in [0.15, 0.2) is 18.2 Å². The number of piperidine rings is 1. The van der Waals surface area contributed by atoms with Gasteiger partial charge in [0.15, 0.2) is 11.6 Å². The van der Waals surface area contributed by atoms with Crippen molar-refractivity contribution in [3.05, 3.63) is 29.6 Å². The first kappa shape index (κ1) is 14.3. The maximum atomic E-state index is 13.8. The summed E-state index contributed by atoms with van der Waals surface area (Å²) in [5.74, 6) is -0.0330. The highest BCUT2D eigenvalue weighted by atomic mass is 19.1. The highest BCUT2D eigenvalue weighted by molar-refractivity contribution is 5.31. The standard InChI is InChI=1S/C15H23FN2O/c1-11-5-3-4-8-18(11)14(10-17)12-6-7-15(19-2)13(16)9-12/h6-7,9,11,14H,3-5,8,10,17H2,1-2H3. The number of nitrogens with two attached hydrogens (primary N) is 1. The molecule has 0 aliphatic carbocycles. The summed E-state index contributed by atoms with van der Waals surface area (Å²) in [5, 5.41) is 0. The molecule has 1 aromatic rings. The fraction of sp³-hybridized carbons (Fsp3) is 0.600. The molecule has 1 heterocycles. The molecular weight excluding hydrogens is 243 g/mol. The van der Waals surface area contributed by atoms with E-state index < -0.39 is 0 Å². The first-order chi connectivity index (χ1) is 9.17. The number of hydrogen-bond donors (Lipinski definition) is 1. The number of likely N-dealkylation sites (tertiary alicyclic amines) is 1. The molecular formula is C15H23FN2O. The van der Waals surface area contributed by atoms with Crippen molar-refractivity contribution >= 4 is 0 Å². The van der Waals surface area contributed by atoms with Gasteiger partial charge in [0.2, 0.25) is 0 Å². The van der Waals surface area contributed by atoms with E-state index in [9.17, 15) is 4.39 Å². The van der Waals surface area contributed by atoms with Crippen molar-refractivity contribution in [2.75, 3.05) is 20.2 Å². The van der Waals surface area contributed by atoms with Gasteiger partial charge in [-0.25, -0.2) is 4.39 Å².